The van der Waals surface area contributed by atoms with Crippen molar-refractivity contribution >= 4 is 15.9 Å². The lowest BCUT2D eigenvalue weighted by Gasteiger charge is -2.41. The van der Waals surface area contributed by atoms with Crippen LogP contribution in [0.3, 0.4) is 0 Å². The summed E-state index contributed by atoms with van der Waals surface area (Å²) in [4.78, 5) is 5.43. The van der Waals surface area contributed by atoms with Gasteiger partial charge < -0.3 is 0 Å². The summed E-state index contributed by atoms with van der Waals surface area (Å²) in [5.74, 6) is 2.11. The highest BCUT2D eigenvalue weighted by molar-refractivity contribution is 9.10. The fourth-order valence-electron chi connectivity index (χ4n) is 4.76. The second-order valence-corrected chi connectivity index (χ2v) is 8.10. The summed E-state index contributed by atoms with van der Waals surface area (Å²) in [7, 11) is 0. The Hall–Kier alpha value is -0.380. The van der Waals surface area contributed by atoms with Crippen LogP contribution in [0, 0.1) is 11.8 Å². The van der Waals surface area contributed by atoms with Gasteiger partial charge in [0.25, 0.3) is 0 Å². The van der Waals surface area contributed by atoms with Crippen molar-refractivity contribution in [2.45, 2.75) is 38.3 Å². The van der Waals surface area contributed by atoms with Crippen molar-refractivity contribution in [1.29, 1.82) is 0 Å². The smallest absolute Gasteiger partial charge is 0.0234 e. The van der Waals surface area contributed by atoms with Crippen molar-refractivity contribution in [3.8, 4) is 0 Å². The average Bonchev–Trinajstić information content (AvgIpc) is 3.13. The van der Waals surface area contributed by atoms with E-state index in [9.17, 15) is 0 Å². The SMILES string of the molecule is Brc1ccc(CN2CCN([C@H]3C[C@@H]4CC[C@@H]3C4)CC2)cc1. The maximum Gasteiger partial charge on any atom is 0.0234 e. The summed E-state index contributed by atoms with van der Waals surface area (Å²) in [5, 5.41) is 0. The van der Waals surface area contributed by atoms with E-state index in [2.05, 4.69) is 50.0 Å². The lowest BCUT2D eigenvalue weighted by atomic mass is 9.93. The van der Waals surface area contributed by atoms with E-state index < -0.39 is 0 Å². The van der Waals surface area contributed by atoms with Crippen LogP contribution < -0.4 is 0 Å². The van der Waals surface area contributed by atoms with Crippen molar-refractivity contribution in [2.75, 3.05) is 26.2 Å². The van der Waals surface area contributed by atoms with Crippen LogP contribution in [0.15, 0.2) is 28.7 Å². The quantitative estimate of drug-likeness (QED) is 0.820. The predicted octanol–water partition coefficient (Wildman–Crippen LogP) is 3.76. The summed E-state index contributed by atoms with van der Waals surface area (Å²) < 4.78 is 1.17. The van der Waals surface area contributed by atoms with Crippen LogP contribution in [-0.4, -0.2) is 42.0 Å². The van der Waals surface area contributed by atoms with Crippen LogP contribution in [0.1, 0.15) is 31.2 Å². The number of hydrogen-bond donors (Lipinski definition) is 0. The Labute approximate surface area is 136 Å². The molecule has 0 unspecified atom stereocenters. The van der Waals surface area contributed by atoms with Crippen LogP contribution in [0.2, 0.25) is 0 Å². The second kappa shape index (κ2) is 6.02. The first kappa shape index (κ1) is 14.2. The van der Waals surface area contributed by atoms with Crippen LogP contribution >= 0.6 is 15.9 Å². The first-order valence-corrected chi connectivity index (χ1v) is 9.28. The van der Waals surface area contributed by atoms with Crippen LogP contribution in [0.4, 0.5) is 0 Å². The summed E-state index contributed by atoms with van der Waals surface area (Å²) in [6.07, 6.45) is 6.06. The Morgan fingerprint density at radius 2 is 1.71 bits per heavy atom. The van der Waals surface area contributed by atoms with Crippen LogP contribution in [0.5, 0.6) is 0 Å². The molecule has 0 N–H and O–H groups in total. The molecule has 4 rings (SSSR count). The van der Waals surface area contributed by atoms with Gasteiger partial charge in [0.1, 0.15) is 0 Å². The topological polar surface area (TPSA) is 6.48 Å². The number of fused-ring (bicyclic) bond motifs is 2. The summed E-state index contributed by atoms with van der Waals surface area (Å²) in [6, 6.07) is 9.72. The Bertz CT molecular complexity index is 478. The van der Waals surface area contributed by atoms with Crippen molar-refractivity contribution in [1.82, 2.24) is 9.80 Å². The van der Waals surface area contributed by atoms with Crippen LogP contribution in [-0.2, 0) is 6.54 Å². The molecule has 3 aliphatic rings. The maximum absolute atomic E-state index is 3.51. The van der Waals surface area contributed by atoms with Gasteiger partial charge in [0, 0.05) is 43.2 Å². The van der Waals surface area contributed by atoms with E-state index in [0.29, 0.717) is 0 Å². The number of rotatable bonds is 3. The Morgan fingerprint density at radius 1 is 0.952 bits per heavy atom. The van der Waals surface area contributed by atoms with Crippen LogP contribution in [0.25, 0.3) is 0 Å². The highest BCUT2D eigenvalue weighted by atomic mass is 79.9. The third kappa shape index (κ3) is 3.06. The molecule has 1 saturated heterocycles. The standard InChI is InChI=1S/C18H25BrN2/c19-17-5-2-14(3-6-17)13-20-7-9-21(10-8-20)18-12-15-1-4-16(18)11-15/h2-3,5-6,15-16,18H,1,4,7-13H2/t15-,16-,18+/m1/s1. The molecule has 3 atom stereocenters. The molecule has 1 aliphatic heterocycles. The van der Waals surface area contributed by atoms with Gasteiger partial charge in [-0.1, -0.05) is 34.5 Å². The molecule has 114 valence electrons. The number of nitrogens with zero attached hydrogens (tertiary/aromatic N) is 2. The van der Waals surface area contributed by atoms with E-state index in [0.717, 1.165) is 24.4 Å². The molecule has 0 amide bonds. The predicted molar refractivity (Wildman–Crippen MR) is 90.2 cm³/mol. The van der Waals surface area contributed by atoms with Crippen molar-refractivity contribution in [3.63, 3.8) is 0 Å². The number of piperazine rings is 1. The first-order chi connectivity index (χ1) is 10.3. The normalized spacial score (nSPS) is 33.7. The van der Waals surface area contributed by atoms with Gasteiger partial charge >= 0.3 is 0 Å². The van der Waals surface area contributed by atoms with Gasteiger partial charge in [0.05, 0.1) is 0 Å². The van der Waals surface area contributed by atoms with Crippen molar-refractivity contribution < 1.29 is 0 Å². The van der Waals surface area contributed by atoms with Gasteiger partial charge in [-0.15, -0.1) is 0 Å². The molecule has 2 aliphatic carbocycles. The zero-order chi connectivity index (χ0) is 14.2. The minimum atomic E-state index is 0.929. The molecule has 0 radical (unpaired) electrons. The Morgan fingerprint density at radius 3 is 2.33 bits per heavy atom. The Kier molecular flexibility index (Phi) is 4.08. The summed E-state index contributed by atoms with van der Waals surface area (Å²) in [6.45, 7) is 6.15. The fourth-order valence-corrected chi connectivity index (χ4v) is 5.02. The molecule has 0 aromatic heterocycles. The molecule has 2 bridgehead atoms. The van der Waals surface area contributed by atoms with Gasteiger partial charge in [0.15, 0.2) is 0 Å². The molecule has 1 aromatic rings. The van der Waals surface area contributed by atoms with Crippen molar-refractivity contribution in [3.05, 3.63) is 34.3 Å². The average molecular weight is 349 g/mol. The molecular weight excluding hydrogens is 324 g/mol. The minimum Gasteiger partial charge on any atom is -0.298 e. The third-order valence-electron chi connectivity index (χ3n) is 5.90. The molecule has 21 heavy (non-hydrogen) atoms. The van der Waals surface area contributed by atoms with Crippen molar-refractivity contribution in [2.24, 2.45) is 11.8 Å². The third-order valence-corrected chi connectivity index (χ3v) is 6.42. The van der Waals surface area contributed by atoms with Gasteiger partial charge in [-0.3, -0.25) is 9.80 Å². The lowest BCUT2D eigenvalue weighted by molar-refractivity contribution is 0.0679. The highest BCUT2D eigenvalue weighted by Gasteiger charge is 2.42. The molecule has 3 heteroatoms. The van der Waals surface area contributed by atoms with E-state index in [1.807, 2.05) is 0 Å². The largest absolute Gasteiger partial charge is 0.298 e. The van der Waals surface area contributed by atoms with E-state index in [-0.39, 0.29) is 0 Å². The zero-order valence-corrected chi connectivity index (χ0v) is 14.3. The number of hydrogen-bond acceptors (Lipinski definition) is 2. The zero-order valence-electron chi connectivity index (χ0n) is 12.7. The molecule has 2 saturated carbocycles. The molecule has 0 spiro atoms. The molecule has 2 nitrogen and oxygen atoms in total. The Balaban J connectivity index is 1.29. The molecule has 3 fully saturated rings. The van der Waals surface area contributed by atoms with E-state index in [4.69, 9.17) is 0 Å². The van der Waals surface area contributed by atoms with Gasteiger partial charge in [-0.25, -0.2) is 0 Å². The van der Waals surface area contributed by atoms with Gasteiger partial charge in [0.2, 0.25) is 0 Å². The molecule has 1 heterocycles. The molecule has 1 aromatic carbocycles. The summed E-state index contributed by atoms with van der Waals surface area (Å²) >= 11 is 3.51. The maximum atomic E-state index is 3.51. The summed E-state index contributed by atoms with van der Waals surface area (Å²) in [5.41, 5.74) is 1.44. The number of benzene rings is 1. The highest BCUT2D eigenvalue weighted by Crippen LogP contribution is 2.46. The minimum absolute atomic E-state index is 0.929. The lowest BCUT2D eigenvalue weighted by Crippen LogP contribution is -2.51. The van der Waals surface area contributed by atoms with E-state index in [1.165, 1.54) is 61.9 Å². The van der Waals surface area contributed by atoms with E-state index in [1.54, 1.807) is 0 Å². The van der Waals surface area contributed by atoms with Gasteiger partial charge in [-0.05, 0) is 48.8 Å². The van der Waals surface area contributed by atoms with Gasteiger partial charge in [-0.2, -0.15) is 0 Å². The second-order valence-electron chi connectivity index (χ2n) is 7.18. The molecular formula is C18H25BrN2. The number of halogens is 1. The van der Waals surface area contributed by atoms with E-state index >= 15 is 0 Å². The monoisotopic (exact) mass is 348 g/mol. The fraction of sp³-hybridized carbons (Fsp3) is 0.667. The first-order valence-electron chi connectivity index (χ1n) is 8.49.